The summed E-state index contributed by atoms with van der Waals surface area (Å²) in [7, 11) is 0. The molecule has 2 aliphatic rings. The van der Waals surface area contributed by atoms with Crippen LogP contribution in [0.4, 0.5) is 0 Å². The number of fused-ring (bicyclic) bond motifs is 1. The second kappa shape index (κ2) is 3.45. The van der Waals surface area contributed by atoms with Gasteiger partial charge in [-0.25, -0.2) is 0 Å². The van der Waals surface area contributed by atoms with E-state index in [4.69, 9.17) is 10.1 Å². The molecule has 3 nitrogen and oxygen atoms in total. The first-order valence-electron chi connectivity index (χ1n) is 6.22. The van der Waals surface area contributed by atoms with Crippen molar-refractivity contribution in [2.75, 3.05) is 6.61 Å². The number of hydrogen-bond acceptors (Lipinski definition) is 3. The molecular formula is C13H22N2O. The summed E-state index contributed by atoms with van der Waals surface area (Å²) < 4.78 is 0. The Morgan fingerprint density at radius 3 is 2.06 bits per heavy atom. The lowest BCUT2D eigenvalue weighted by Crippen LogP contribution is -2.52. The maximum Gasteiger partial charge on any atom is 0.0683 e. The lowest BCUT2D eigenvalue weighted by molar-refractivity contribution is -0.254. The van der Waals surface area contributed by atoms with Crippen LogP contribution in [0.1, 0.15) is 41.0 Å². The molecular weight excluding hydrogens is 200 g/mol. The molecule has 2 atom stereocenters. The number of piperidine rings is 1. The Hall–Kier alpha value is -0.590. The van der Waals surface area contributed by atoms with Gasteiger partial charge in [-0.3, -0.25) is 4.84 Å². The monoisotopic (exact) mass is 222 g/mol. The Morgan fingerprint density at radius 1 is 1.19 bits per heavy atom. The molecule has 1 heterocycles. The van der Waals surface area contributed by atoms with Crippen molar-refractivity contribution in [1.29, 1.82) is 5.26 Å². The molecule has 0 spiro atoms. The van der Waals surface area contributed by atoms with E-state index >= 15 is 0 Å². The highest BCUT2D eigenvalue weighted by atomic mass is 16.7. The number of hydrogen-bond donors (Lipinski definition) is 0. The van der Waals surface area contributed by atoms with E-state index < -0.39 is 0 Å². The highest BCUT2D eigenvalue weighted by Crippen LogP contribution is 2.67. The van der Waals surface area contributed by atoms with Crippen molar-refractivity contribution in [3.8, 4) is 6.07 Å². The number of rotatable bonds is 3. The normalized spacial score (nSPS) is 39.1. The van der Waals surface area contributed by atoms with Gasteiger partial charge >= 0.3 is 0 Å². The minimum atomic E-state index is -0.0102. The van der Waals surface area contributed by atoms with E-state index in [1.165, 1.54) is 0 Å². The molecule has 0 aromatic rings. The van der Waals surface area contributed by atoms with Crippen molar-refractivity contribution >= 4 is 0 Å². The van der Waals surface area contributed by atoms with Crippen molar-refractivity contribution < 1.29 is 4.84 Å². The summed E-state index contributed by atoms with van der Waals surface area (Å²) in [5.41, 5.74) is -0.0204. The van der Waals surface area contributed by atoms with Crippen molar-refractivity contribution in [3.63, 3.8) is 0 Å². The Kier molecular flexibility index (Phi) is 2.56. The summed E-state index contributed by atoms with van der Waals surface area (Å²) in [5.74, 6) is 1.18. The van der Waals surface area contributed by atoms with Gasteiger partial charge in [0.1, 0.15) is 0 Å². The van der Waals surface area contributed by atoms with Gasteiger partial charge in [-0.05, 0) is 34.1 Å². The average molecular weight is 222 g/mol. The van der Waals surface area contributed by atoms with Crippen LogP contribution in [0.5, 0.6) is 0 Å². The Balaban J connectivity index is 2.20. The van der Waals surface area contributed by atoms with Crippen LogP contribution < -0.4 is 0 Å². The van der Waals surface area contributed by atoms with Gasteiger partial charge in [0.15, 0.2) is 0 Å². The summed E-state index contributed by atoms with van der Waals surface area (Å²) in [6.45, 7) is 11.7. The zero-order valence-electron chi connectivity index (χ0n) is 10.9. The van der Waals surface area contributed by atoms with E-state index in [0.29, 0.717) is 11.8 Å². The summed E-state index contributed by atoms with van der Waals surface area (Å²) in [5, 5.41) is 11.3. The van der Waals surface area contributed by atoms with Crippen molar-refractivity contribution in [2.24, 2.45) is 17.8 Å². The van der Waals surface area contributed by atoms with Crippen LogP contribution in [0.3, 0.4) is 0 Å². The highest BCUT2D eigenvalue weighted by Gasteiger charge is 2.74. The quantitative estimate of drug-likeness (QED) is 0.736. The molecule has 90 valence electrons. The van der Waals surface area contributed by atoms with E-state index in [9.17, 15) is 0 Å². The Bertz CT molecular complexity index is 307. The summed E-state index contributed by atoms with van der Waals surface area (Å²) in [6.07, 6.45) is 1.03. The molecule has 0 radical (unpaired) electrons. The Morgan fingerprint density at radius 2 is 1.69 bits per heavy atom. The molecule has 1 aliphatic heterocycles. The smallest absolute Gasteiger partial charge is 0.0683 e. The fraction of sp³-hybridized carbons (Fsp3) is 0.923. The molecule has 2 rings (SSSR count). The zero-order chi connectivity index (χ0) is 12.1. The van der Waals surface area contributed by atoms with Crippen LogP contribution in [0.15, 0.2) is 0 Å². The van der Waals surface area contributed by atoms with Crippen LogP contribution in [0.25, 0.3) is 0 Å². The summed E-state index contributed by atoms with van der Waals surface area (Å²) in [4.78, 5) is 5.90. The number of nitriles is 1. The Labute approximate surface area is 98.3 Å². The van der Waals surface area contributed by atoms with Gasteiger partial charge in [0.05, 0.1) is 18.6 Å². The fourth-order valence-corrected chi connectivity index (χ4v) is 3.76. The minimum Gasteiger partial charge on any atom is -0.298 e. The molecule has 0 bridgehead atoms. The molecule has 16 heavy (non-hydrogen) atoms. The minimum absolute atomic E-state index is 0.0102. The predicted octanol–water partition coefficient (Wildman–Crippen LogP) is 2.59. The van der Waals surface area contributed by atoms with Crippen LogP contribution in [-0.2, 0) is 4.84 Å². The number of hydroxylamine groups is 2. The molecule has 0 aromatic carbocycles. The molecule has 2 unspecified atom stereocenters. The second-order valence-corrected chi connectivity index (χ2v) is 6.14. The first-order valence-corrected chi connectivity index (χ1v) is 6.22. The third-order valence-electron chi connectivity index (χ3n) is 4.27. The van der Waals surface area contributed by atoms with Gasteiger partial charge < -0.3 is 0 Å². The number of nitrogens with zero attached hydrogens (tertiary/aromatic N) is 2. The second-order valence-electron chi connectivity index (χ2n) is 6.14. The van der Waals surface area contributed by atoms with Crippen LogP contribution in [0, 0.1) is 29.1 Å². The first-order chi connectivity index (χ1) is 7.39. The van der Waals surface area contributed by atoms with Crippen LogP contribution in [-0.4, -0.2) is 22.7 Å². The maximum absolute atomic E-state index is 9.13. The van der Waals surface area contributed by atoms with Crippen molar-refractivity contribution in [1.82, 2.24) is 5.06 Å². The van der Waals surface area contributed by atoms with E-state index in [1.807, 2.05) is 0 Å². The maximum atomic E-state index is 9.13. The largest absolute Gasteiger partial charge is 0.298 e. The predicted molar refractivity (Wildman–Crippen MR) is 62.3 cm³/mol. The SMILES string of the molecule is CCCON1C(C)(C)C2C(C#N)C2C1(C)C. The lowest BCUT2D eigenvalue weighted by atomic mass is 9.96. The molecule has 1 aliphatic carbocycles. The first kappa shape index (κ1) is 11.9. The standard InChI is InChI=1S/C13H22N2O/c1-6-7-16-15-12(2,3)10-9(8-14)11(10)13(15,4)5/h9-11H,6-7H2,1-5H3. The molecule has 3 heteroatoms. The summed E-state index contributed by atoms with van der Waals surface area (Å²) in [6, 6.07) is 2.45. The molecule has 1 saturated heterocycles. The van der Waals surface area contributed by atoms with Crippen LogP contribution >= 0.6 is 0 Å². The molecule has 0 aromatic heterocycles. The third-order valence-corrected chi connectivity index (χ3v) is 4.27. The van der Waals surface area contributed by atoms with Crippen molar-refractivity contribution in [3.05, 3.63) is 0 Å². The molecule has 2 fully saturated rings. The van der Waals surface area contributed by atoms with Gasteiger partial charge in [-0.1, -0.05) is 6.92 Å². The van der Waals surface area contributed by atoms with E-state index in [0.717, 1.165) is 13.0 Å². The third kappa shape index (κ3) is 1.33. The van der Waals surface area contributed by atoms with Gasteiger partial charge in [-0.15, -0.1) is 0 Å². The average Bonchev–Trinajstić information content (AvgIpc) is 2.89. The van der Waals surface area contributed by atoms with E-state index in [1.54, 1.807) is 0 Å². The van der Waals surface area contributed by atoms with Gasteiger partial charge in [0.2, 0.25) is 0 Å². The van der Waals surface area contributed by atoms with E-state index in [2.05, 4.69) is 45.8 Å². The fourth-order valence-electron chi connectivity index (χ4n) is 3.76. The van der Waals surface area contributed by atoms with Crippen LogP contribution in [0.2, 0.25) is 0 Å². The molecule has 0 N–H and O–H groups in total. The topological polar surface area (TPSA) is 36.3 Å². The lowest BCUT2D eigenvalue weighted by Gasteiger charge is -2.42. The van der Waals surface area contributed by atoms with Crippen molar-refractivity contribution in [2.45, 2.75) is 52.1 Å². The molecule has 1 saturated carbocycles. The zero-order valence-corrected chi connectivity index (χ0v) is 10.9. The van der Waals surface area contributed by atoms with Gasteiger partial charge in [0, 0.05) is 22.9 Å². The highest BCUT2D eigenvalue weighted by molar-refractivity contribution is 5.27. The van der Waals surface area contributed by atoms with Gasteiger partial charge in [0.25, 0.3) is 0 Å². The van der Waals surface area contributed by atoms with E-state index in [-0.39, 0.29) is 17.0 Å². The molecule has 0 amide bonds. The summed E-state index contributed by atoms with van der Waals surface area (Å²) >= 11 is 0. The van der Waals surface area contributed by atoms with Gasteiger partial charge in [-0.2, -0.15) is 10.3 Å².